The maximum atomic E-state index is 12.8. The predicted octanol–water partition coefficient (Wildman–Crippen LogP) is 6.66. The first-order valence-corrected chi connectivity index (χ1v) is 24.4. The molecular weight excluding hydrogens is 835 g/mol. The van der Waals surface area contributed by atoms with Crippen molar-refractivity contribution in [1.29, 1.82) is 0 Å². The summed E-state index contributed by atoms with van der Waals surface area (Å²) >= 11 is 0. The van der Waals surface area contributed by atoms with Crippen LogP contribution in [0.2, 0.25) is 0 Å². The first kappa shape index (κ1) is 58.2. The monoisotopic (exact) mass is 915 g/mol. The van der Waals surface area contributed by atoms with E-state index in [9.17, 15) is 54.8 Å². The number of hydrogen-bond acceptors (Lipinski definition) is 14. The van der Waals surface area contributed by atoms with Crippen LogP contribution in [0.1, 0.15) is 142 Å². The fraction of sp³-hybridized carbons (Fsp3) is 0.702. The lowest BCUT2D eigenvalue weighted by molar-refractivity contribution is -0.220. The average Bonchev–Trinajstić information content (AvgIpc) is 3.26. The minimum absolute atomic E-state index is 0.0641. The Kier molecular flexibility index (Phi) is 33.7. The number of esters is 2. The number of rotatable bonds is 36. The Morgan fingerprint density at radius 3 is 1.65 bits per heavy atom. The molecule has 10 atom stereocenters. The molecule has 0 heterocycles. The van der Waals surface area contributed by atoms with E-state index in [1.165, 1.54) is 19.3 Å². The fourth-order valence-electron chi connectivity index (χ4n) is 6.40. The summed E-state index contributed by atoms with van der Waals surface area (Å²) < 4.78 is 33.3. The van der Waals surface area contributed by atoms with Gasteiger partial charge >= 0.3 is 19.8 Å². The van der Waals surface area contributed by atoms with Crippen LogP contribution < -0.4 is 0 Å². The molecule has 5 unspecified atom stereocenters. The molecule has 63 heavy (non-hydrogen) atoms. The summed E-state index contributed by atoms with van der Waals surface area (Å²) in [6.45, 7) is 2.88. The second kappa shape index (κ2) is 36.4. The second-order valence-electron chi connectivity index (χ2n) is 15.8. The number of aliphatic hydroxyl groups excluding tert-OH is 7. The normalized spacial score (nSPS) is 23.4. The Hall–Kier alpha value is -2.79. The summed E-state index contributed by atoms with van der Waals surface area (Å²) in [6.07, 6.45) is 23.9. The average molecular weight is 915 g/mol. The first-order chi connectivity index (χ1) is 30.2. The summed E-state index contributed by atoms with van der Waals surface area (Å²) in [7, 11) is -5.21. The highest BCUT2D eigenvalue weighted by Gasteiger charge is 2.51. The predicted molar refractivity (Wildman–Crippen MR) is 242 cm³/mol. The van der Waals surface area contributed by atoms with Crippen LogP contribution in [0.3, 0.4) is 0 Å². The van der Waals surface area contributed by atoms with Crippen molar-refractivity contribution in [2.75, 3.05) is 13.2 Å². The van der Waals surface area contributed by atoms with Gasteiger partial charge in [0.05, 0.1) is 18.8 Å². The van der Waals surface area contributed by atoms with E-state index in [4.69, 9.17) is 18.5 Å². The van der Waals surface area contributed by atoms with E-state index in [1.807, 2.05) is 12.2 Å². The van der Waals surface area contributed by atoms with Gasteiger partial charge in [0.15, 0.2) is 6.10 Å². The molecule has 1 saturated carbocycles. The molecule has 0 radical (unpaired) electrons. The third-order valence-electron chi connectivity index (χ3n) is 10.2. The zero-order chi connectivity index (χ0) is 46.7. The molecule has 0 aliphatic heterocycles. The number of unbranched alkanes of at least 4 members (excludes halogenated alkanes) is 8. The molecule has 1 rings (SSSR count). The Bertz CT molecular complexity index is 1410. The third-order valence-corrected chi connectivity index (χ3v) is 11.2. The summed E-state index contributed by atoms with van der Waals surface area (Å²) in [4.78, 5) is 35.7. The summed E-state index contributed by atoms with van der Waals surface area (Å²) in [5.41, 5.74) is 0. The summed E-state index contributed by atoms with van der Waals surface area (Å²) in [6, 6.07) is 0. The smallest absolute Gasteiger partial charge is 0.462 e. The number of hydrogen-bond donors (Lipinski definition) is 8. The Morgan fingerprint density at radius 2 is 1.06 bits per heavy atom. The maximum Gasteiger partial charge on any atom is 0.472 e. The van der Waals surface area contributed by atoms with Gasteiger partial charge in [-0.3, -0.25) is 18.6 Å². The lowest BCUT2D eigenvalue weighted by Crippen LogP contribution is -2.64. The van der Waals surface area contributed by atoms with E-state index in [0.29, 0.717) is 12.8 Å². The van der Waals surface area contributed by atoms with Crippen LogP contribution in [0.15, 0.2) is 72.9 Å². The van der Waals surface area contributed by atoms with Crippen LogP contribution in [0.4, 0.5) is 0 Å². The van der Waals surface area contributed by atoms with Gasteiger partial charge in [-0.05, 0) is 83.5 Å². The highest BCUT2D eigenvalue weighted by atomic mass is 31.2. The Morgan fingerprint density at radius 1 is 0.571 bits per heavy atom. The molecule has 0 bridgehead atoms. The molecule has 1 fully saturated rings. The van der Waals surface area contributed by atoms with Gasteiger partial charge in [-0.25, -0.2) is 4.57 Å². The van der Waals surface area contributed by atoms with Crippen molar-refractivity contribution in [3.63, 3.8) is 0 Å². The fourth-order valence-corrected chi connectivity index (χ4v) is 7.38. The summed E-state index contributed by atoms with van der Waals surface area (Å²) in [5, 5.41) is 71.0. The minimum Gasteiger partial charge on any atom is -0.462 e. The number of phosphoric ester groups is 1. The van der Waals surface area contributed by atoms with Gasteiger partial charge < -0.3 is 50.1 Å². The van der Waals surface area contributed by atoms with Crippen LogP contribution in [0.5, 0.6) is 0 Å². The zero-order valence-corrected chi connectivity index (χ0v) is 38.5. The Labute approximate surface area is 375 Å². The molecule has 0 aromatic heterocycles. The van der Waals surface area contributed by atoms with Crippen molar-refractivity contribution >= 4 is 19.8 Å². The molecule has 16 heteroatoms. The van der Waals surface area contributed by atoms with Crippen LogP contribution in [-0.4, -0.2) is 121 Å². The van der Waals surface area contributed by atoms with Crippen LogP contribution in [0.25, 0.3) is 0 Å². The van der Waals surface area contributed by atoms with Gasteiger partial charge in [0.1, 0.15) is 43.2 Å². The van der Waals surface area contributed by atoms with Gasteiger partial charge in [0, 0.05) is 12.8 Å². The van der Waals surface area contributed by atoms with E-state index in [2.05, 4.69) is 68.5 Å². The minimum atomic E-state index is -5.21. The molecule has 1 aliphatic carbocycles. The first-order valence-electron chi connectivity index (χ1n) is 22.9. The topological polar surface area (TPSA) is 250 Å². The van der Waals surface area contributed by atoms with Gasteiger partial charge in [0.2, 0.25) is 0 Å². The quantitative estimate of drug-likeness (QED) is 0.0142. The SMILES string of the molecule is CC/C=C\C/C=C\C/C=C\CCCCCCCC(=O)OC[C@H](COP(=O)(O)OC1[C@H](O)[C@H](O)C(O)[C@H](O)[C@H]1O)OC(=O)CCCC(O)C(O)C/C=C\C/C=C\C/C=C\CCCCC. The maximum absolute atomic E-state index is 12.8. The van der Waals surface area contributed by atoms with E-state index in [1.54, 1.807) is 6.08 Å². The number of aliphatic hydroxyl groups is 7. The number of allylic oxidation sites excluding steroid dienone is 11. The van der Waals surface area contributed by atoms with E-state index < -0.39 is 87.9 Å². The molecular formula is C47H79O15P. The van der Waals surface area contributed by atoms with Crippen LogP contribution in [0, 0.1) is 0 Å². The van der Waals surface area contributed by atoms with Crippen molar-refractivity contribution < 1.29 is 73.3 Å². The van der Waals surface area contributed by atoms with Crippen molar-refractivity contribution in [2.45, 2.75) is 197 Å². The molecule has 0 spiro atoms. The van der Waals surface area contributed by atoms with Gasteiger partial charge in [0.25, 0.3) is 0 Å². The highest BCUT2D eigenvalue weighted by molar-refractivity contribution is 7.47. The highest BCUT2D eigenvalue weighted by Crippen LogP contribution is 2.47. The van der Waals surface area contributed by atoms with Crippen LogP contribution in [-0.2, 0) is 32.7 Å². The third kappa shape index (κ3) is 28.7. The number of ether oxygens (including phenoxy) is 2. The molecule has 0 saturated heterocycles. The number of carbonyl (C=O) groups is 2. The largest absolute Gasteiger partial charge is 0.472 e. The van der Waals surface area contributed by atoms with Gasteiger partial charge in [-0.15, -0.1) is 0 Å². The standard InChI is InChI=1S/C47H79O15P/c1-3-5-7-9-11-13-15-17-18-19-21-23-25-27-29-33-40(50)59-35-37(36-60-63(57,58)62-47-45(55)43(53)42(52)44(54)46(47)56)61-41(51)34-30-32-39(49)38(48)31-28-26-24-22-20-16-14-12-10-8-6-4-2/h5,7,11-14,17-18,20,22,26,28,37-39,42-49,52-56H,3-4,6,8-10,15-16,19,21,23-25,27,29-36H2,1-2H3,(H,57,58)/b7-5-,13-11-,14-12-,18-17-,22-20-,28-26-/t37-,38?,39?,42?,43-,44+,45-,46-,47?/m1/s1. The van der Waals surface area contributed by atoms with Crippen molar-refractivity contribution in [2.24, 2.45) is 0 Å². The zero-order valence-electron chi connectivity index (χ0n) is 37.6. The molecule has 0 amide bonds. The number of phosphoric acid groups is 1. The van der Waals surface area contributed by atoms with E-state index in [-0.39, 0.29) is 32.1 Å². The molecule has 362 valence electrons. The van der Waals surface area contributed by atoms with Crippen molar-refractivity contribution in [3.05, 3.63) is 72.9 Å². The molecule has 15 nitrogen and oxygen atoms in total. The summed E-state index contributed by atoms with van der Waals surface area (Å²) in [5.74, 6) is -1.41. The van der Waals surface area contributed by atoms with E-state index in [0.717, 1.165) is 64.2 Å². The Balaban J connectivity index is 2.60. The van der Waals surface area contributed by atoms with Gasteiger partial charge in [-0.1, -0.05) is 119 Å². The van der Waals surface area contributed by atoms with E-state index >= 15 is 0 Å². The van der Waals surface area contributed by atoms with Crippen molar-refractivity contribution in [1.82, 2.24) is 0 Å². The molecule has 1 aliphatic rings. The van der Waals surface area contributed by atoms with Crippen molar-refractivity contribution in [3.8, 4) is 0 Å². The number of carbonyl (C=O) groups excluding carboxylic acids is 2. The molecule has 0 aromatic carbocycles. The second-order valence-corrected chi connectivity index (χ2v) is 17.2. The lowest BCUT2D eigenvalue weighted by atomic mass is 9.85. The van der Waals surface area contributed by atoms with Gasteiger partial charge in [-0.2, -0.15) is 0 Å². The van der Waals surface area contributed by atoms with Crippen LogP contribution >= 0.6 is 7.82 Å². The molecule has 8 N–H and O–H groups in total. The molecule has 0 aromatic rings. The lowest BCUT2D eigenvalue weighted by Gasteiger charge is -2.41.